The van der Waals surface area contributed by atoms with Gasteiger partial charge in [0, 0.05) is 4.92 Å². The number of hydrogen-bond acceptors (Lipinski definition) is 3. The van der Waals surface area contributed by atoms with E-state index in [1.54, 1.807) is 0 Å². The van der Waals surface area contributed by atoms with Crippen molar-refractivity contribution in [2.75, 3.05) is 11.6 Å². The second-order valence-corrected chi connectivity index (χ2v) is 2.20. The average Bonchev–Trinajstić information content (AvgIpc) is 1.61. The largest absolute Gasteiger partial charge is 0.264 e. The molecule has 0 spiro atoms. The van der Waals surface area contributed by atoms with Crippen LogP contribution >= 0.6 is 11.8 Å². The first kappa shape index (κ1) is 6.75. The number of nitro groups is 1. The third-order valence-electron chi connectivity index (χ3n) is 0.401. The molecule has 4 heteroatoms. The van der Waals surface area contributed by atoms with Crippen LogP contribution in [0.2, 0.25) is 0 Å². The van der Waals surface area contributed by atoms with E-state index >= 15 is 0 Å². The summed E-state index contributed by atoms with van der Waals surface area (Å²) in [6, 6.07) is 0. The minimum absolute atomic E-state index is 0.0382. The molecule has 7 heavy (non-hydrogen) atoms. The molecule has 3 nitrogen and oxygen atoms in total. The number of thioether (sulfide) groups is 1. The van der Waals surface area contributed by atoms with Gasteiger partial charge in [-0.15, -0.1) is 0 Å². The summed E-state index contributed by atoms with van der Waals surface area (Å²) in [6.07, 6.45) is 0. The van der Waals surface area contributed by atoms with E-state index in [2.05, 4.69) is 0 Å². The van der Waals surface area contributed by atoms with Gasteiger partial charge in [0.2, 0.25) is 5.88 Å². The zero-order chi connectivity index (χ0) is 5.70. The Hall–Kier alpha value is -0.250. The topological polar surface area (TPSA) is 43.1 Å². The molecule has 0 saturated carbocycles. The lowest BCUT2D eigenvalue weighted by atomic mass is 11.0. The Bertz CT molecular complexity index is 66.0. The lowest BCUT2D eigenvalue weighted by Crippen LogP contribution is -1.94. The van der Waals surface area contributed by atoms with Gasteiger partial charge in [-0.2, -0.15) is 0 Å². The second kappa shape index (κ2) is 3.92. The molecule has 0 aliphatic heterocycles. The Labute approximate surface area is 46.2 Å². The lowest BCUT2D eigenvalue weighted by Gasteiger charge is -1.85. The third kappa shape index (κ3) is 5.75. The van der Waals surface area contributed by atoms with Crippen LogP contribution in [0.4, 0.5) is 0 Å². The molecule has 0 N–H and O–H groups in total. The monoisotopic (exact) mass is 121 g/mol. The van der Waals surface area contributed by atoms with Gasteiger partial charge in [0.15, 0.2) is 0 Å². The predicted molar refractivity (Wildman–Crippen MR) is 30.0 cm³/mol. The van der Waals surface area contributed by atoms with Crippen molar-refractivity contribution in [2.45, 2.75) is 6.92 Å². The van der Waals surface area contributed by atoms with Crippen molar-refractivity contribution >= 4 is 11.8 Å². The van der Waals surface area contributed by atoms with Crippen LogP contribution in [-0.4, -0.2) is 16.6 Å². The molecule has 0 saturated heterocycles. The summed E-state index contributed by atoms with van der Waals surface area (Å²) in [4.78, 5) is 9.22. The molecule has 0 fully saturated rings. The number of nitrogens with zero attached hydrogens (tertiary/aromatic N) is 1. The smallest absolute Gasteiger partial charge is 0.249 e. The first-order valence-electron chi connectivity index (χ1n) is 1.97. The zero-order valence-corrected chi connectivity index (χ0v) is 4.90. The molecule has 0 aromatic rings. The van der Waals surface area contributed by atoms with Crippen molar-refractivity contribution in [3.63, 3.8) is 0 Å². The van der Waals surface area contributed by atoms with Crippen molar-refractivity contribution in [1.29, 1.82) is 0 Å². The molecule has 0 amide bonds. The highest BCUT2D eigenvalue weighted by Crippen LogP contribution is 1.95. The van der Waals surface area contributed by atoms with E-state index in [4.69, 9.17) is 0 Å². The normalized spacial score (nSPS) is 8.71. The highest BCUT2D eigenvalue weighted by Gasteiger charge is 1.90. The minimum atomic E-state index is -0.325. The van der Waals surface area contributed by atoms with Crippen molar-refractivity contribution in [1.82, 2.24) is 0 Å². The quantitative estimate of drug-likeness (QED) is 0.317. The van der Waals surface area contributed by atoms with Crippen LogP contribution in [0.1, 0.15) is 6.92 Å². The molecular formula is C3H7NO2S. The number of rotatable bonds is 3. The molecule has 0 aromatic carbocycles. The van der Waals surface area contributed by atoms with Gasteiger partial charge in [-0.1, -0.05) is 18.7 Å². The van der Waals surface area contributed by atoms with E-state index in [0.29, 0.717) is 0 Å². The SMILES string of the molecule is CCSC[N+](=O)[O-]. The van der Waals surface area contributed by atoms with Gasteiger partial charge in [0.05, 0.1) is 0 Å². The van der Waals surface area contributed by atoms with Crippen molar-refractivity contribution in [2.24, 2.45) is 0 Å². The Kier molecular flexibility index (Phi) is 3.78. The van der Waals surface area contributed by atoms with E-state index < -0.39 is 0 Å². The summed E-state index contributed by atoms with van der Waals surface area (Å²) in [5, 5.41) is 9.54. The summed E-state index contributed by atoms with van der Waals surface area (Å²) in [5.74, 6) is 0.859. The first-order chi connectivity index (χ1) is 3.27. The van der Waals surface area contributed by atoms with Gasteiger partial charge in [0.25, 0.3) is 0 Å². The highest BCUT2D eigenvalue weighted by atomic mass is 32.2. The van der Waals surface area contributed by atoms with Gasteiger partial charge >= 0.3 is 0 Å². The second-order valence-electron chi connectivity index (χ2n) is 0.955. The molecule has 0 aliphatic rings. The van der Waals surface area contributed by atoms with Crippen LogP contribution in [0.15, 0.2) is 0 Å². The fourth-order valence-corrected chi connectivity index (χ4v) is 0.497. The van der Waals surface area contributed by atoms with Crippen LogP contribution in [0.5, 0.6) is 0 Å². The van der Waals surface area contributed by atoms with Crippen LogP contribution in [0, 0.1) is 10.1 Å². The van der Waals surface area contributed by atoms with Crippen LogP contribution in [0.3, 0.4) is 0 Å². The molecule has 0 rings (SSSR count). The van der Waals surface area contributed by atoms with Crippen molar-refractivity contribution in [3.8, 4) is 0 Å². The molecule has 0 aromatic heterocycles. The fraction of sp³-hybridized carbons (Fsp3) is 1.00. The molecule has 0 unspecified atom stereocenters. The van der Waals surface area contributed by atoms with E-state index in [9.17, 15) is 10.1 Å². The van der Waals surface area contributed by atoms with Crippen molar-refractivity contribution < 1.29 is 4.92 Å². The van der Waals surface area contributed by atoms with E-state index in [1.165, 1.54) is 11.8 Å². The Morgan fingerprint density at radius 1 is 1.86 bits per heavy atom. The highest BCUT2D eigenvalue weighted by molar-refractivity contribution is 7.99. The van der Waals surface area contributed by atoms with Crippen LogP contribution < -0.4 is 0 Å². The van der Waals surface area contributed by atoms with Crippen LogP contribution in [0.25, 0.3) is 0 Å². The fourth-order valence-electron chi connectivity index (χ4n) is 0.166. The van der Waals surface area contributed by atoms with Crippen LogP contribution in [-0.2, 0) is 0 Å². The minimum Gasteiger partial charge on any atom is -0.264 e. The maximum absolute atomic E-state index is 9.54. The molecule has 42 valence electrons. The Morgan fingerprint density at radius 2 is 2.43 bits per heavy atom. The summed E-state index contributed by atoms with van der Waals surface area (Å²) in [6.45, 7) is 1.90. The summed E-state index contributed by atoms with van der Waals surface area (Å²) >= 11 is 1.32. The first-order valence-corrected chi connectivity index (χ1v) is 3.12. The van der Waals surface area contributed by atoms with Gasteiger partial charge in [-0.05, 0) is 5.75 Å². The third-order valence-corrected chi connectivity index (χ3v) is 1.20. The van der Waals surface area contributed by atoms with Gasteiger partial charge in [0.1, 0.15) is 0 Å². The molecule has 0 radical (unpaired) electrons. The van der Waals surface area contributed by atoms with Gasteiger partial charge < -0.3 is 0 Å². The van der Waals surface area contributed by atoms with Gasteiger partial charge in [-0.25, -0.2) is 0 Å². The summed E-state index contributed by atoms with van der Waals surface area (Å²) < 4.78 is 0. The Morgan fingerprint density at radius 3 is 2.57 bits per heavy atom. The molecule has 0 heterocycles. The summed E-state index contributed by atoms with van der Waals surface area (Å²) in [7, 11) is 0. The predicted octanol–water partition coefficient (Wildman–Crippen LogP) is 0.974. The lowest BCUT2D eigenvalue weighted by molar-refractivity contribution is -0.456. The van der Waals surface area contributed by atoms with E-state index in [1.807, 2.05) is 6.92 Å². The average molecular weight is 121 g/mol. The zero-order valence-electron chi connectivity index (χ0n) is 4.09. The number of hydrogen-bond donors (Lipinski definition) is 0. The maximum Gasteiger partial charge on any atom is 0.249 e. The molecule has 0 bridgehead atoms. The Balaban J connectivity index is 2.82. The molecule has 0 atom stereocenters. The standard InChI is InChI=1S/C3H7NO2S/c1-2-7-3-4(5)6/h2-3H2,1H3. The van der Waals surface area contributed by atoms with Crippen molar-refractivity contribution in [3.05, 3.63) is 10.1 Å². The van der Waals surface area contributed by atoms with Gasteiger partial charge in [-0.3, -0.25) is 10.1 Å². The maximum atomic E-state index is 9.54. The van der Waals surface area contributed by atoms with E-state index in [0.717, 1.165) is 5.75 Å². The molecule has 0 aliphatic carbocycles. The van der Waals surface area contributed by atoms with E-state index in [-0.39, 0.29) is 10.8 Å². The summed E-state index contributed by atoms with van der Waals surface area (Å²) in [5.41, 5.74) is 0. The molecular weight excluding hydrogens is 114 g/mol.